The van der Waals surface area contributed by atoms with Crippen molar-refractivity contribution in [3.63, 3.8) is 0 Å². The minimum atomic E-state index is -0.775. The Morgan fingerprint density at radius 1 is 1.30 bits per heavy atom. The standard InChI is InChI=1S/C13H15FINO4/c1-13(2,3)20-12(18)16-10-6-8(14)7(5-9(10)15)11(17)19-4/h5-6H,1-4H3,(H,16,18). The molecule has 5 nitrogen and oxygen atoms in total. The molecular weight excluding hydrogens is 380 g/mol. The number of anilines is 1. The molecule has 0 aliphatic rings. The lowest BCUT2D eigenvalue weighted by molar-refractivity contribution is 0.0594. The number of hydrogen-bond acceptors (Lipinski definition) is 4. The Bertz CT molecular complexity index is 540. The van der Waals surface area contributed by atoms with Gasteiger partial charge in [-0.05, 0) is 55.5 Å². The van der Waals surface area contributed by atoms with E-state index in [2.05, 4.69) is 10.1 Å². The van der Waals surface area contributed by atoms with Crippen LogP contribution in [0.5, 0.6) is 0 Å². The summed E-state index contributed by atoms with van der Waals surface area (Å²) in [5, 5.41) is 2.43. The van der Waals surface area contributed by atoms with E-state index in [-0.39, 0.29) is 11.3 Å². The molecule has 0 aliphatic heterocycles. The highest BCUT2D eigenvalue weighted by Gasteiger charge is 2.19. The minimum absolute atomic E-state index is 0.188. The van der Waals surface area contributed by atoms with Gasteiger partial charge in [0.1, 0.15) is 11.4 Å². The van der Waals surface area contributed by atoms with Crippen LogP contribution < -0.4 is 5.32 Å². The molecule has 0 spiro atoms. The first kappa shape index (κ1) is 16.7. The van der Waals surface area contributed by atoms with E-state index in [9.17, 15) is 14.0 Å². The van der Waals surface area contributed by atoms with Crippen LogP contribution in [0.1, 0.15) is 31.1 Å². The maximum absolute atomic E-state index is 13.8. The summed E-state index contributed by atoms with van der Waals surface area (Å²) in [4.78, 5) is 22.9. The predicted molar refractivity (Wildman–Crippen MR) is 80.3 cm³/mol. The first-order valence-corrected chi connectivity index (χ1v) is 6.79. The van der Waals surface area contributed by atoms with Gasteiger partial charge in [0.2, 0.25) is 0 Å². The molecule has 0 aliphatic carbocycles. The monoisotopic (exact) mass is 395 g/mol. The van der Waals surface area contributed by atoms with Gasteiger partial charge in [-0.25, -0.2) is 14.0 Å². The van der Waals surface area contributed by atoms with E-state index in [1.54, 1.807) is 20.8 Å². The Morgan fingerprint density at radius 3 is 2.40 bits per heavy atom. The summed E-state index contributed by atoms with van der Waals surface area (Å²) >= 11 is 1.88. The third-order valence-electron chi connectivity index (χ3n) is 2.10. The Morgan fingerprint density at radius 2 is 1.90 bits per heavy atom. The van der Waals surface area contributed by atoms with Crippen LogP contribution >= 0.6 is 22.6 Å². The number of carbonyl (C=O) groups is 2. The Balaban J connectivity index is 2.96. The molecule has 0 unspecified atom stereocenters. The van der Waals surface area contributed by atoms with Gasteiger partial charge < -0.3 is 9.47 Å². The number of benzene rings is 1. The van der Waals surface area contributed by atoms with Gasteiger partial charge in [-0.15, -0.1) is 0 Å². The fourth-order valence-corrected chi connectivity index (χ4v) is 1.92. The quantitative estimate of drug-likeness (QED) is 0.615. The topological polar surface area (TPSA) is 64.6 Å². The Labute approximate surface area is 130 Å². The maximum atomic E-state index is 13.8. The number of rotatable bonds is 2. The van der Waals surface area contributed by atoms with Crippen LogP contribution in [0.3, 0.4) is 0 Å². The van der Waals surface area contributed by atoms with Crippen molar-refractivity contribution in [2.45, 2.75) is 26.4 Å². The van der Waals surface area contributed by atoms with E-state index in [1.165, 1.54) is 13.2 Å². The van der Waals surface area contributed by atoms with Crippen molar-refractivity contribution in [3.05, 3.63) is 27.1 Å². The van der Waals surface area contributed by atoms with Crippen LogP contribution in [0.25, 0.3) is 0 Å². The van der Waals surface area contributed by atoms with Crippen molar-refractivity contribution in [1.82, 2.24) is 0 Å². The number of halogens is 2. The van der Waals surface area contributed by atoms with Gasteiger partial charge in [-0.2, -0.15) is 0 Å². The number of amides is 1. The molecule has 7 heteroatoms. The summed E-state index contributed by atoms with van der Waals surface area (Å²) in [6.07, 6.45) is -0.694. The number of esters is 1. The van der Waals surface area contributed by atoms with E-state index in [4.69, 9.17) is 4.74 Å². The lowest BCUT2D eigenvalue weighted by Crippen LogP contribution is -2.27. The van der Waals surface area contributed by atoms with Crippen LogP contribution in [0.15, 0.2) is 12.1 Å². The molecule has 0 saturated carbocycles. The second-order valence-electron chi connectivity index (χ2n) is 4.93. The van der Waals surface area contributed by atoms with Crippen LogP contribution in [0.4, 0.5) is 14.9 Å². The van der Waals surface area contributed by atoms with E-state index < -0.39 is 23.5 Å². The van der Waals surface area contributed by atoms with Gasteiger partial charge in [0.05, 0.1) is 18.4 Å². The first-order chi connectivity index (χ1) is 9.14. The van der Waals surface area contributed by atoms with E-state index in [1.807, 2.05) is 22.6 Å². The second-order valence-corrected chi connectivity index (χ2v) is 6.09. The summed E-state index contributed by atoms with van der Waals surface area (Å²) in [5.74, 6) is -1.55. The van der Waals surface area contributed by atoms with Crippen molar-refractivity contribution in [1.29, 1.82) is 0 Å². The smallest absolute Gasteiger partial charge is 0.412 e. The Kier molecular flexibility index (Phi) is 5.32. The van der Waals surface area contributed by atoms with Crippen molar-refractivity contribution < 1.29 is 23.5 Å². The number of hydrogen-bond donors (Lipinski definition) is 1. The summed E-state index contributed by atoms with van der Waals surface area (Å²) < 4.78 is 23.8. The summed E-state index contributed by atoms with van der Waals surface area (Å²) in [6.45, 7) is 5.16. The molecule has 0 atom stereocenters. The molecule has 110 valence electrons. The van der Waals surface area contributed by atoms with Gasteiger partial charge in [0, 0.05) is 3.57 Å². The highest BCUT2D eigenvalue weighted by molar-refractivity contribution is 14.1. The average molecular weight is 395 g/mol. The lowest BCUT2D eigenvalue weighted by atomic mass is 10.2. The third-order valence-corrected chi connectivity index (χ3v) is 2.99. The fraction of sp³-hybridized carbons (Fsp3) is 0.385. The number of ether oxygens (including phenoxy) is 2. The minimum Gasteiger partial charge on any atom is -0.465 e. The molecule has 0 heterocycles. The van der Waals surface area contributed by atoms with Crippen molar-refractivity contribution in [3.8, 4) is 0 Å². The van der Waals surface area contributed by atoms with Gasteiger partial charge in [0.15, 0.2) is 0 Å². The molecule has 1 aromatic rings. The molecule has 0 fully saturated rings. The molecule has 0 saturated heterocycles. The molecule has 0 radical (unpaired) electrons. The maximum Gasteiger partial charge on any atom is 0.412 e. The zero-order valence-corrected chi connectivity index (χ0v) is 13.7. The van der Waals surface area contributed by atoms with Gasteiger partial charge >= 0.3 is 12.1 Å². The van der Waals surface area contributed by atoms with E-state index in [0.29, 0.717) is 3.57 Å². The van der Waals surface area contributed by atoms with Gasteiger partial charge in [0.25, 0.3) is 0 Å². The molecular formula is C13H15FINO4. The number of carbonyl (C=O) groups excluding carboxylic acids is 2. The largest absolute Gasteiger partial charge is 0.465 e. The highest BCUT2D eigenvalue weighted by Crippen LogP contribution is 2.24. The van der Waals surface area contributed by atoms with Crippen molar-refractivity contribution >= 4 is 40.3 Å². The predicted octanol–water partition coefficient (Wildman–Crippen LogP) is 3.56. The summed E-state index contributed by atoms with van der Waals surface area (Å²) in [7, 11) is 1.17. The van der Waals surface area contributed by atoms with Crippen molar-refractivity contribution in [2.75, 3.05) is 12.4 Å². The van der Waals surface area contributed by atoms with Crippen molar-refractivity contribution in [2.24, 2.45) is 0 Å². The Hall–Kier alpha value is -1.38. The van der Waals surface area contributed by atoms with Gasteiger partial charge in [-0.3, -0.25) is 5.32 Å². The number of methoxy groups -OCH3 is 1. The molecule has 1 amide bonds. The fourth-order valence-electron chi connectivity index (χ4n) is 1.32. The first-order valence-electron chi connectivity index (χ1n) is 5.71. The summed E-state index contributed by atoms with van der Waals surface area (Å²) in [6, 6.07) is 2.35. The average Bonchev–Trinajstić information content (AvgIpc) is 2.30. The lowest BCUT2D eigenvalue weighted by Gasteiger charge is -2.20. The molecule has 0 aromatic heterocycles. The van der Waals surface area contributed by atoms with Crippen LogP contribution in [-0.2, 0) is 9.47 Å². The zero-order chi connectivity index (χ0) is 15.5. The van der Waals surface area contributed by atoms with Crippen LogP contribution in [0, 0.1) is 9.39 Å². The molecule has 1 aromatic carbocycles. The van der Waals surface area contributed by atoms with E-state index >= 15 is 0 Å². The molecule has 0 bridgehead atoms. The van der Waals surface area contributed by atoms with Gasteiger partial charge in [-0.1, -0.05) is 0 Å². The number of nitrogens with one attached hydrogen (secondary N) is 1. The normalized spacial score (nSPS) is 10.9. The molecule has 1 rings (SSSR count). The molecule has 20 heavy (non-hydrogen) atoms. The van der Waals surface area contributed by atoms with E-state index in [0.717, 1.165) is 6.07 Å². The van der Waals surface area contributed by atoms with Crippen LogP contribution in [0.2, 0.25) is 0 Å². The SMILES string of the molecule is COC(=O)c1cc(I)c(NC(=O)OC(C)(C)C)cc1F. The second kappa shape index (κ2) is 6.38. The third kappa shape index (κ3) is 4.62. The zero-order valence-electron chi connectivity index (χ0n) is 11.5. The van der Waals surface area contributed by atoms with Crippen LogP contribution in [-0.4, -0.2) is 24.8 Å². The summed E-state index contributed by atoms with van der Waals surface area (Å²) in [5.41, 5.74) is -0.614. The highest BCUT2D eigenvalue weighted by atomic mass is 127. The molecule has 1 N–H and O–H groups in total.